The highest BCUT2D eigenvalue weighted by Gasteiger charge is 2.08. The smallest absolute Gasteiger partial charge is 0.266 e. The van der Waals surface area contributed by atoms with Gasteiger partial charge >= 0.3 is 0 Å². The minimum Gasteiger partial charge on any atom is -0.320 e. The zero-order valence-electron chi connectivity index (χ0n) is 10.4. The summed E-state index contributed by atoms with van der Waals surface area (Å²) in [4.78, 5) is 17.8. The molecule has 0 aliphatic rings. The quantitative estimate of drug-likeness (QED) is 0.821. The van der Waals surface area contributed by atoms with Gasteiger partial charge in [-0.3, -0.25) is 4.79 Å². The van der Waals surface area contributed by atoms with Crippen molar-refractivity contribution in [3.05, 3.63) is 45.8 Å². The molecule has 0 bridgehead atoms. The standard InChI is InChI=1S/C14H13N3OS/c1-10-4-5-12(19-10)14(18)17-13-9-11(3-2-7-15)6-8-16-13/h4-6,8-9H,7,15H2,1H3,(H,16,17,18). The predicted molar refractivity (Wildman–Crippen MR) is 77.2 cm³/mol. The highest BCUT2D eigenvalue weighted by atomic mass is 32.1. The van der Waals surface area contributed by atoms with Crippen LogP contribution in [0.2, 0.25) is 0 Å². The third kappa shape index (κ3) is 3.65. The van der Waals surface area contributed by atoms with Crippen LogP contribution in [0.5, 0.6) is 0 Å². The second-order valence-electron chi connectivity index (χ2n) is 3.80. The SMILES string of the molecule is Cc1ccc(C(=O)Nc2cc(C#CCN)ccn2)s1. The maximum absolute atomic E-state index is 12.0. The molecule has 3 N–H and O–H groups in total. The average Bonchev–Trinajstić information content (AvgIpc) is 2.83. The van der Waals surface area contributed by atoms with Crippen molar-refractivity contribution in [3.63, 3.8) is 0 Å². The van der Waals surface area contributed by atoms with E-state index in [1.807, 2.05) is 13.0 Å². The molecule has 96 valence electrons. The van der Waals surface area contributed by atoms with Crippen LogP contribution in [0.4, 0.5) is 5.82 Å². The monoisotopic (exact) mass is 271 g/mol. The van der Waals surface area contributed by atoms with Crippen LogP contribution >= 0.6 is 11.3 Å². The number of hydrogen-bond acceptors (Lipinski definition) is 4. The summed E-state index contributed by atoms with van der Waals surface area (Å²) in [7, 11) is 0. The number of carbonyl (C=O) groups is 1. The van der Waals surface area contributed by atoms with Gasteiger partial charge in [-0.25, -0.2) is 4.98 Å². The number of nitrogens with zero attached hydrogens (tertiary/aromatic N) is 1. The normalized spacial score (nSPS) is 9.58. The summed E-state index contributed by atoms with van der Waals surface area (Å²) in [6, 6.07) is 7.21. The van der Waals surface area contributed by atoms with Crippen molar-refractivity contribution in [2.75, 3.05) is 11.9 Å². The molecule has 0 fully saturated rings. The number of aromatic nitrogens is 1. The Labute approximate surface area is 115 Å². The third-order valence-corrected chi connectivity index (χ3v) is 3.30. The van der Waals surface area contributed by atoms with Gasteiger partial charge in [-0.2, -0.15) is 0 Å². The second kappa shape index (κ2) is 6.14. The molecule has 0 radical (unpaired) electrons. The summed E-state index contributed by atoms with van der Waals surface area (Å²) < 4.78 is 0. The lowest BCUT2D eigenvalue weighted by atomic mass is 10.2. The zero-order valence-corrected chi connectivity index (χ0v) is 11.3. The Bertz CT molecular complexity index is 652. The molecular formula is C14H13N3OS. The average molecular weight is 271 g/mol. The predicted octanol–water partition coefficient (Wildman–Crippen LogP) is 2.01. The summed E-state index contributed by atoms with van der Waals surface area (Å²) in [5.74, 6) is 5.99. The molecule has 0 aromatic carbocycles. The lowest BCUT2D eigenvalue weighted by Crippen LogP contribution is -2.11. The van der Waals surface area contributed by atoms with Crippen molar-refractivity contribution in [1.82, 2.24) is 4.98 Å². The van der Waals surface area contributed by atoms with Gasteiger partial charge in [0.25, 0.3) is 5.91 Å². The van der Waals surface area contributed by atoms with E-state index in [9.17, 15) is 4.79 Å². The molecule has 0 saturated heterocycles. The van der Waals surface area contributed by atoms with Crippen molar-refractivity contribution >= 4 is 23.1 Å². The lowest BCUT2D eigenvalue weighted by molar-refractivity contribution is 0.103. The molecule has 2 rings (SSSR count). The van der Waals surface area contributed by atoms with Crippen molar-refractivity contribution in [1.29, 1.82) is 0 Å². The molecule has 0 spiro atoms. The number of thiophene rings is 1. The van der Waals surface area contributed by atoms with Crippen LogP contribution in [0, 0.1) is 18.8 Å². The van der Waals surface area contributed by atoms with E-state index in [-0.39, 0.29) is 5.91 Å². The molecular weight excluding hydrogens is 258 g/mol. The Kier molecular flexibility index (Phi) is 4.29. The van der Waals surface area contributed by atoms with Gasteiger partial charge in [0, 0.05) is 16.6 Å². The summed E-state index contributed by atoms with van der Waals surface area (Å²) >= 11 is 1.45. The van der Waals surface area contributed by atoms with Crippen molar-refractivity contribution in [3.8, 4) is 11.8 Å². The summed E-state index contributed by atoms with van der Waals surface area (Å²) in [6.45, 7) is 2.27. The van der Waals surface area contributed by atoms with Crippen molar-refractivity contribution in [2.24, 2.45) is 5.73 Å². The van der Waals surface area contributed by atoms with Crippen molar-refractivity contribution < 1.29 is 4.79 Å². The van der Waals surface area contributed by atoms with Crippen molar-refractivity contribution in [2.45, 2.75) is 6.92 Å². The molecule has 5 heteroatoms. The summed E-state index contributed by atoms with van der Waals surface area (Å²) in [5, 5.41) is 2.75. The highest BCUT2D eigenvalue weighted by Crippen LogP contribution is 2.16. The number of nitrogens with one attached hydrogen (secondary N) is 1. The van der Waals surface area contributed by atoms with Gasteiger partial charge in [0.05, 0.1) is 11.4 Å². The van der Waals surface area contributed by atoms with Crippen LogP contribution in [0.25, 0.3) is 0 Å². The fraction of sp³-hybridized carbons (Fsp3) is 0.143. The Morgan fingerprint density at radius 2 is 2.32 bits per heavy atom. The zero-order chi connectivity index (χ0) is 13.7. The largest absolute Gasteiger partial charge is 0.320 e. The molecule has 0 saturated carbocycles. The molecule has 4 nitrogen and oxygen atoms in total. The molecule has 0 atom stereocenters. The molecule has 2 aromatic heterocycles. The Morgan fingerprint density at radius 3 is 3.00 bits per heavy atom. The minimum absolute atomic E-state index is 0.158. The number of amides is 1. The molecule has 0 aliphatic heterocycles. The molecule has 2 heterocycles. The molecule has 0 unspecified atom stereocenters. The number of hydrogen-bond donors (Lipinski definition) is 2. The number of pyridine rings is 1. The molecule has 19 heavy (non-hydrogen) atoms. The maximum atomic E-state index is 12.0. The first-order chi connectivity index (χ1) is 9.19. The maximum Gasteiger partial charge on any atom is 0.266 e. The first-order valence-electron chi connectivity index (χ1n) is 5.72. The fourth-order valence-electron chi connectivity index (χ4n) is 1.46. The van der Waals surface area contributed by atoms with Crippen LogP contribution in [-0.4, -0.2) is 17.4 Å². The van der Waals surface area contributed by atoms with Crippen LogP contribution < -0.4 is 11.1 Å². The van der Waals surface area contributed by atoms with Gasteiger partial charge in [0.15, 0.2) is 0 Å². The van der Waals surface area contributed by atoms with Crippen LogP contribution in [0.15, 0.2) is 30.5 Å². The van der Waals surface area contributed by atoms with Gasteiger partial charge in [-0.1, -0.05) is 11.8 Å². The van der Waals surface area contributed by atoms with Crippen LogP contribution in [-0.2, 0) is 0 Å². The number of anilines is 1. The van der Waals surface area contributed by atoms with E-state index in [1.54, 1.807) is 24.4 Å². The number of rotatable bonds is 2. The van der Waals surface area contributed by atoms with E-state index in [2.05, 4.69) is 22.1 Å². The molecule has 1 amide bonds. The van der Waals surface area contributed by atoms with Gasteiger partial charge in [0.2, 0.25) is 0 Å². The first-order valence-corrected chi connectivity index (χ1v) is 6.53. The Balaban J connectivity index is 2.13. The second-order valence-corrected chi connectivity index (χ2v) is 5.09. The van der Waals surface area contributed by atoms with Gasteiger partial charge in [-0.15, -0.1) is 11.3 Å². The van der Waals surface area contributed by atoms with Gasteiger partial charge < -0.3 is 11.1 Å². The number of nitrogens with two attached hydrogens (primary N) is 1. The topological polar surface area (TPSA) is 68.0 Å². The van der Waals surface area contributed by atoms with Crippen LogP contribution in [0.3, 0.4) is 0 Å². The lowest BCUT2D eigenvalue weighted by Gasteiger charge is -2.02. The minimum atomic E-state index is -0.158. The Morgan fingerprint density at radius 1 is 1.47 bits per heavy atom. The van der Waals surface area contributed by atoms with E-state index in [1.165, 1.54) is 11.3 Å². The van der Waals surface area contributed by atoms with E-state index >= 15 is 0 Å². The van der Waals surface area contributed by atoms with Gasteiger partial charge in [0.1, 0.15) is 5.82 Å². The highest BCUT2D eigenvalue weighted by molar-refractivity contribution is 7.14. The third-order valence-electron chi connectivity index (χ3n) is 2.30. The van der Waals surface area contributed by atoms with E-state index in [0.717, 1.165) is 10.4 Å². The van der Waals surface area contributed by atoms with Gasteiger partial charge in [-0.05, 0) is 31.2 Å². The number of aryl methyl sites for hydroxylation is 1. The van der Waals surface area contributed by atoms with Crippen LogP contribution in [0.1, 0.15) is 20.1 Å². The summed E-state index contributed by atoms with van der Waals surface area (Å²) in [5.41, 5.74) is 6.09. The molecule has 0 aliphatic carbocycles. The van der Waals surface area contributed by atoms with E-state index < -0.39 is 0 Å². The number of carbonyl (C=O) groups excluding carboxylic acids is 1. The Hall–Kier alpha value is -2.16. The summed E-state index contributed by atoms with van der Waals surface area (Å²) in [6.07, 6.45) is 1.61. The van der Waals surface area contributed by atoms with E-state index in [0.29, 0.717) is 17.2 Å². The van der Waals surface area contributed by atoms with E-state index in [4.69, 9.17) is 5.73 Å². The fourth-order valence-corrected chi connectivity index (χ4v) is 2.23. The first kappa shape index (κ1) is 13.3. The molecule has 2 aromatic rings.